The van der Waals surface area contributed by atoms with Crippen LogP contribution in [0, 0.1) is 0 Å². The summed E-state index contributed by atoms with van der Waals surface area (Å²) in [4.78, 5) is 27.3. The minimum Gasteiger partial charge on any atom is -0.480 e. The molecule has 7 nitrogen and oxygen atoms in total. The van der Waals surface area contributed by atoms with Crippen LogP contribution in [0.4, 0.5) is 4.79 Å². The minimum absolute atomic E-state index is 0.0791. The second-order valence-corrected chi connectivity index (χ2v) is 7.91. The van der Waals surface area contributed by atoms with E-state index in [1.165, 1.54) is 0 Å². The lowest BCUT2D eigenvalue weighted by molar-refractivity contribution is -0.138. The molecule has 158 valence electrons. The third kappa shape index (κ3) is 10.9. The number of hydrogen-bond acceptors (Lipinski definition) is 5. The molecule has 0 heterocycles. The van der Waals surface area contributed by atoms with E-state index in [1.54, 1.807) is 4.90 Å². The number of carboxylic acids is 1. The van der Waals surface area contributed by atoms with Crippen molar-refractivity contribution in [2.24, 2.45) is 5.73 Å². The molecule has 0 aliphatic heterocycles. The Hall–Kier alpha value is -2.12. The molecule has 0 aliphatic carbocycles. The van der Waals surface area contributed by atoms with Gasteiger partial charge < -0.3 is 20.5 Å². The Morgan fingerprint density at radius 1 is 1.04 bits per heavy atom. The van der Waals surface area contributed by atoms with Gasteiger partial charge in [0.15, 0.2) is 0 Å². The fourth-order valence-corrected chi connectivity index (χ4v) is 2.75. The Kier molecular flexibility index (Phi) is 10.6. The lowest BCUT2D eigenvalue weighted by Crippen LogP contribution is -2.42. The van der Waals surface area contributed by atoms with E-state index in [-0.39, 0.29) is 12.6 Å². The van der Waals surface area contributed by atoms with Gasteiger partial charge in [-0.25, -0.2) is 4.79 Å². The number of unbranched alkanes of at least 4 members (excludes halogenated alkanes) is 2. The Morgan fingerprint density at radius 3 is 2.29 bits per heavy atom. The third-order valence-electron chi connectivity index (χ3n) is 4.08. The molecule has 0 fully saturated rings. The minimum atomic E-state index is -0.886. The summed E-state index contributed by atoms with van der Waals surface area (Å²) in [6, 6.07) is 9.72. The Morgan fingerprint density at radius 2 is 1.71 bits per heavy atom. The van der Waals surface area contributed by atoms with Crippen molar-refractivity contribution in [3.63, 3.8) is 0 Å². The second kappa shape index (κ2) is 12.4. The van der Waals surface area contributed by atoms with Crippen LogP contribution in [0.1, 0.15) is 45.6 Å². The van der Waals surface area contributed by atoms with Gasteiger partial charge in [0, 0.05) is 26.2 Å². The molecule has 0 saturated heterocycles. The molecule has 0 aliphatic rings. The summed E-state index contributed by atoms with van der Waals surface area (Å²) in [6.07, 6.45) is 2.34. The molecular formula is C21H35N3O4. The van der Waals surface area contributed by atoms with Crippen molar-refractivity contribution < 1.29 is 19.4 Å². The number of nitrogens with zero attached hydrogens (tertiary/aromatic N) is 2. The maximum absolute atomic E-state index is 12.6. The zero-order valence-corrected chi connectivity index (χ0v) is 17.4. The Balaban J connectivity index is 2.72. The molecule has 0 unspecified atom stereocenters. The van der Waals surface area contributed by atoms with Crippen molar-refractivity contribution in [3.8, 4) is 0 Å². The van der Waals surface area contributed by atoms with Crippen LogP contribution in [0.2, 0.25) is 0 Å². The van der Waals surface area contributed by atoms with Crippen LogP contribution < -0.4 is 5.73 Å². The van der Waals surface area contributed by atoms with Gasteiger partial charge >= 0.3 is 12.1 Å². The third-order valence-corrected chi connectivity index (χ3v) is 4.08. The fourth-order valence-electron chi connectivity index (χ4n) is 2.75. The standard InChI is InChI=1S/C21H35N3O4/c1-21(2,3)28-20(27)24(13-9-5-8-12-22)15-14-23(17-19(25)26)16-18-10-6-4-7-11-18/h4,6-7,10-11H,5,8-9,12-17,22H2,1-3H3,(H,25,26). The number of carbonyl (C=O) groups is 2. The summed E-state index contributed by atoms with van der Waals surface area (Å²) >= 11 is 0. The van der Waals surface area contributed by atoms with Gasteiger partial charge in [0.25, 0.3) is 0 Å². The van der Waals surface area contributed by atoms with Gasteiger partial charge in [-0.15, -0.1) is 0 Å². The van der Waals surface area contributed by atoms with Crippen molar-refractivity contribution in [1.82, 2.24) is 9.80 Å². The number of nitrogens with two attached hydrogens (primary N) is 1. The molecule has 28 heavy (non-hydrogen) atoms. The summed E-state index contributed by atoms with van der Waals surface area (Å²) in [5.41, 5.74) is 6.00. The van der Waals surface area contributed by atoms with Crippen LogP contribution in [0.25, 0.3) is 0 Å². The first-order chi connectivity index (χ1) is 13.2. The van der Waals surface area contributed by atoms with E-state index < -0.39 is 11.6 Å². The summed E-state index contributed by atoms with van der Waals surface area (Å²) in [5, 5.41) is 9.23. The molecule has 0 radical (unpaired) electrons. The number of benzene rings is 1. The van der Waals surface area contributed by atoms with Gasteiger partial charge in [-0.2, -0.15) is 0 Å². The zero-order chi connectivity index (χ0) is 21.0. The second-order valence-electron chi connectivity index (χ2n) is 7.91. The van der Waals surface area contributed by atoms with Crippen molar-refractivity contribution >= 4 is 12.1 Å². The summed E-state index contributed by atoms with van der Waals surface area (Å²) in [6.45, 7) is 8.02. The molecule has 1 aromatic rings. The lowest BCUT2D eigenvalue weighted by Gasteiger charge is -2.29. The van der Waals surface area contributed by atoms with E-state index >= 15 is 0 Å². The van der Waals surface area contributed by atoms with Crippen LogP contribution in [-0.4, -0.2) is 65.3 Å². The van der Waals surface area contributed by atoms with E-state index in [0.29, 0.717) is 32.7 Å². The highest BCUT2D eigenvalue weighted by atomic mass is 16.6. The first-order valence-corrected chi connectivity index (χ1v) is 9.87. The number of ether oxygens (including phenoxy) is 1. The van der Waals surface area contributed by atoms with Gasteiger partial charge in [0.05, 0.1) is 6.54 Å². The maximum atomic E-state index is 12.6. The summed E-state index contributed by atoms with van der Waals surface area (Å²) in [7, 11) is 0. The van der Waals surface area contributed by atoms with Crippen molar-refractivity contribution in [1.29, 1.82) is 0 Å². The number of rotatable bonds is 12. The highest BCUT2D eigenvalue weighted by Crippen LogP contribution is 2.12. The van der Waals surface area contributed by atoms with Crippen LogP contribution in [0.3, 0.4) is 0 Å². The Labute approximate surface area is 168 Å². The molecule has 3 N–H and O–H groups in total. The highest BCUT2D eigenvalue weighted by molar-refractivity contribution is 5.69. The van der Waals surface area contributed by atoms with Gasteiger partial charge in [-0.1, -0.05) is 36.8 Å². The molecular weight excluding hydrogens is 358 g/mol. The maximum Gasteiger partial charge on any atom is 0.410 e. The summed E-state index contributed by atoms with van der Waals surface area (Å²) < 4.78 is 5.52. The molecule has 0 bridgehead atoms. The van der Waals surface area contributed by atoms with Crippen molar-refractivity contribution in [3.05, 3.63) is 35.9 Å². The van der Waals surface area contributed by atoms with E-state index in [9.17, 15) is 14.7 Å². The number of aliphatic carboxylic acids is 1. The van der Waals surface area contributed by atoms with Crippen LogP contribution in [0.15, 0.2) is 30.3 Å². The molecule has 0 aromatic heterocycles. The molecule has 1 rings (SSSR count). The largest absolute Gasteiger partial charge is 0.480 e. The predicted molar refractivity (Wildman–Crippen MR) is 110 cm³/mol. The average molecular weight is 394 g/mol. The number of hydrogen-bond donors (Lipinski definition) is 2. The van der Waals surface area contributed by atoms with E-state index in [0.717, 1.165) is 24.8 Å². The van der Waals surface area contributed by atoms with E-state index in [4.69, 9.17) is 10.5 Å². The lowest BCUT2D eigenvalue weighted by atomic mass is 10.2. The molecule has 0 atom stereocenters. The van der Waals surface area contributed by atoms with Gasteiger partial charge in [-0.05, 0) is 45.7 Å². The number of carboxylic acid groups (broad SMARTS) is 1. The van der Waals surface area contributed by atoms with Crippen molar-refractivity contribution in [2.45, 2.75) is 52.2 Å². The van der Waals surface area contributed by atoms with Crippen LogP contribution in [0.5, 0.6) is 0 Å². The quantitative estimate of drug-likeness (QED) is 0.530. The zero-order valence-electron chi connectivity index (χ0n) is 17.4. The highest BCUT2D eigenvalue weighted by Gasteiger charge is 2.22. The van der Waals surface area contributed by atoms with E-state index in [1.807, 2.05) is 56.0 Å². The van der Waals surface area contributed by atoms with Gasteiger partial charge in [-0.3, -0.25) is 9.69 Å². The molecule has 0 saturated carbocycles. The topological polar surface area (TPSA) is 96.1 Å². The predicted octanol–water partition coefficient (Wildman–Crippen LogP) is 2.94. The fraction of sp³-hybridized carbons (Fsp3) is 0.619. The van der Waals surface area contributed by atoms with Gasteiger partial charge in [0.2, 0.25) is 0 Å². The molecule has 1 amide bonds. The number of amides is 1. The van der Waals surface area contributed by atoms with Crippen molar-refractivity contribution in [2.75, 3.05) is 32.7 Å². The molecule has 0 spiro atoms. The SMILES string of the molecule is CC(C)(C)OC(=O)N(CCCCCN)CCN(CC(=O)O)Cc1ccccc1. The Bertz CT molecular complexity index is 587. The molecule has 1 aromatic carbocycles. The molecule has 7 heteroatoms. The van der Waals surface area contributed by atoms with Gasteiger partial charge in [0.1, 0.15) is 5.60 Å². The number of carbonyl (C=O) groups excluding carboxylic acids is 1. The van der Waals surface area contributed by atoms with Crippen LogP contribution >= 0.6 is 0 Å². The first-order valence-electron chi connectivity index (χ1n) is 9.87. The van der Waals surface area contributed by atoms with Crippen LogP contribution in [-0.2, 0) is 16.1 Å². The smallest absolute Gasteiger partial charge is 0.410 e. The van der Waals surface area contributed by atoms with E-state index in [2.05, 4.69) is 0 Å². The average Bonchev–Trinajstić information content (AvgIpc) is 2.59. The monoisotopic (exact) mass is 393 g/mol. The first kappa shape index (κ1) is 23.9. The summed E-state index contributed by atoms with van der Waals surface area (Å²) in [5.74, 6) is -0.886. The normalized spacial score (nSPS) is 11.5.